The quantitative estimate of drug-likeness (QED) is 0.678. The Bertz CT molecular complexity index is 1170. The fraction of sp³-hybridized carbons (Fsp3) is 0.462. The lowest BCUT2D eigenvalue weighted by molar-refractivity contribution is -0.136. The summed E-state index contributed by atoms with van der Waals surface area (Å²) in [5.41, 5.74) is 5.20. The van der Waals surface area contributed by atoms with Crippen LogP contribution in [0.15, 0.2) is 30.3 Å². The van der Waals surface area contributed by atoms with E-state index in [4.69, 9.17) is 4.98 Å². The number of imide groups is 1. The Hall–Kier alpha value is -3.26. The van der Waals surface area contributed by atoms with Crippen molar-refractivity contribution in [2.75, 3.05) is 24.5 Å². The third-order valence-corrected chi connectivity index (χ3v) is 7.67. The number of carbonyl (C=O) groups is 3. The van der Waals surface area contributed by atoms with Crippen LogP contribution in [0.2, 0.25) is 0 Å². The highest BCUT2D eigenvalue weighted by Gasteiger charge is 2.40. The number of nitrogens with zero attached hydrogens (tertiary/aromatic N) is 3. The lowest BCUT2D eigenvalue weighted by Crippen LogP contribution is -2.52. The molecule has 4 aliphatic rings. The first-order valence-electron chi connectivity index (χ1n) is 12.3. The van der Waals surface area contributed by atoms with E-state index in [1.54, 1.807) is 4.90 Å². The molecule has 8 nitrogen and oxygen atoms in total. The SMILES string of the molecule is O=C1CCC(N2Cc3c(CN4CCCc5ccc(C6CCNC6)nc54)cccc3C2=O)C(=O)N1. The van der Waals surface area contributed by atoms with Crippen LogP contribution in [0.4, 0.5) is 5.82 Å². The molecule has 1 aromatic carbocycles. The van der Waals surface area contributed by atoms with Crippen LogP contribution in [-0.4, -0.2) is 53.3 Å². The van der Waals surface area contributed by atoms with Crippen LogP contribution >= 0.6 is 0 Å². The maximum absolute atomic E-state index is 13.2. The van der Waals surface area contributed by atoms with Crippen molar-refractivity contribution in [1.29, 1.82) is 0 Å². The molecule has 0 spiro atoms. The molecule has 176 valence electrons. The van der Waals surface area contributed by atoms with Gasteiger partial charge in [-0.2, -0.15) is 0 Å². The van der Waals surface area contributed by atoms with Crippen LogP contribution < -0.4 is 15.5 Å². The minimum absolute atomic E-state index is 0.125. The molecular weight excluding hydrogens is 430 g/mol. The Morgan fingerprint density at radius 3 is 2.79 bits per heavy atom. The topological polar surface area (TPSA) is 94.6 Å². The average molecular weight is 460 g/mol. The van der Waals surface area contributed by atoms with E-state index < -0.39 is 6.04 Å². The fourth-order valence-electron chi connectivity index (χ4n) is 5.82. The van der Waals surface area contributed by atoms with Crippen molar-refractivity contribution in [2.45, 2.75) is 57.2 Å². The van der Waals surface area contributed by atoms with Gasteiger partial charge < -0.3 is 15.1 Å². The fourth-order valence-corrected chi connectivity index (χ4v) is 5.82. The Morgan fingerprint density at radius 1 is 1.06 bits per heavy atom. The van der Waals surface area contributed by atoms with Crippen molar-refractivity contribution in [3.05, 3.63) is 58.3 Å². The van der Waals surface area contributed by atoms with Crippen LogP contribution in [0.3, 0.4) is 0 Å². The number of hydrogen-bond donors (Lipinski definition) is 2. The highest BCUT2D eigenvalue weighted by molar-refractivity contribution is 6.05. The number of piperidine rings is 1. The summed E-state index contributed by atoms with van der Waals surface area (Å²) in [7, 11) is 0. The summed E-state index contributed by atoms with van der Waals surface area (Å²) < 4.78 is 0. The van der Waals surface area contributed by atoms with Crippen molar-refractivity contribution in [3.8, 4) is 0 Å². The largest absolute Gasteiger partial charge is 0.352 e. The van der Waals surface area contributed by atoms with Gasteiger partial charge in [0.25, 0.3) is 5.91 Å². The van der Waals surface area contributed by atoms with E-state index in [-0.39, 0.29) is 24.1 Å². The molecule has 2 aromatic rings. The summed E-state index contributed by atoms with van der Waals surface area (Å²) in [6.45, 7) is 4.04. The number of carbonyl (C=O) groups excluding carboxylic acids is 3. The van der Waals surface area contributed by atoms with Gasteiger partial charge >= 0.3 is 0 Å². The Balaban J connectivity index is 1.27. The number of aryl methyl sites for hydroxylation is 1. The molecule has 0 saturated carbocycles. The highest BCUT2D eigenvalue weighted by Crippen LogP contribution is 2.34. The molecule has 0 radical (unpaired) electrons. The summed E-state index contributed by atoms with van der Waals surface area (Å²) in [6, 6.07) is 9.70. The number of anilines is 1. The lowest BCUT2D eigenvalue weighted by Gasteiger charge is -2.32. The van der Waals surface area contributed by atoms with Gasteiger partial charge in [0.2, 0.25) is 11.8 Å². The van der Waals surface area contributed by atoms with Gasteiger partial charge in [0.05, 0.1) is 0 Å². The predicted octanol–water partition coefficient (Wildman–Crippen LogP) is 1.87. The van der Waals surface area contributed by atoms with Crippen molar-refractivity contribution >= 4 is 23.5 Å². The lowest BCUT2D eigenvalue weighted by atomic mass is 9.98. The van der Waals surface area contributed by atoms with E-state index in [9.17, 15) is 14.4 Å². The van der Waals surface area contributed by atoms with Gasteiger partial charge in [0.1, 0.15) is 11.9 Å². The number of pyridine rings is 1. The van der Waals surface area contributed by atoms with Gasteiger partial charge in [-0.15, -0.1) is 0 Å². The standard InChI is InChI=1S/C26H29N5O3/c32-23-9-8-22(25(33)29-23)31-15-20-18(3-1-5-19(20)26(31)34)14-30-12-2-4-16-6-7-21(28-24(16)30)17-10-11-27-13-17/h1,3,5-7,17,22,27H,2,4,8-15H2,(H,29,32,33). The second-order valence-electron chi connectivity index (χ2n) is 9.78. The molecule has 6 rings (SSSR count). The van der Waals surface area contributed by atoms with Gasteiger partial charge in [-0.1, -0.05) is 18.2 Å². The maximum atomic E-state index is 13.2. The smallest absolute Gasteiger partial charge is 0.255 e. The average Bonchev–Trinajstić information content (AvgIpc) is 3.49. The summed E-state index contributed by atoms with van der Waals surface area (Å²) in [5, 5.41) is 5.81. The zero-order chi connectivity index (χ0) is 23.2. The second-order valence-corrected chi connectivity index (χ2v) is 9.78. The van der Waals surface area contributed by atoms with Crippen LogP contribution in [0, 0.1) is 0 Å². The molecule has 2 atom stereocenters. The molecule has 34 heavy (non-hydrogen) atoms. The number of amides is 3. The number of rotatable bonds is 4. The molecule has 2 unspecified atom stereocenters. The number of fused-ring (bicyclic) bond motifs is 2. The van der Waals surface area contributed by atoms with Gasteiger partial charge in [0.15, 0.2) is 0 Å². The van der Waals surface area contributed by atoms with E-state index in [1.165, 1.54) is 5.56 Å². The van der Waals surface area contributed by atoms with E-state index in [0.717, 1.165) is 61.5 Å². The van der Waals surface area contributed by atoms with E-state index in [0.29, 0.717) is 31.0 Å². The van der Waals surface area contributed by atoms with Crippen molar-refractivity contribution < 1.29 is 14.4 Å². The molecule has 2 fully saturated rings. The molecule has 0 aliphatic carbocycles. The van der Waals surface area contributed by atoms with Gasteiger partial charge in [-0.05, 0) is 61.1 Å². The first-order chi connectivity index (χ1) is 16.6. The van der Waals surface area contributed by atoms with Crippen molar-refractivity contribution in [3.63, 3.8) is 0 Å². The maximum Gasteiger partial charge on any atom is 0.255 e. The zero-order valence-electron chi connectivity index (χ0n) is 19.2. The van der Waals surface area contributed by atoms with Crippen molar-refractivity contribution in [2.24, 2.45) is 0 Å². The predicted molar refractivity (Wildman–Crippen MR) is 126 cm³/mol. The Kier molecular flexibility index (Phi) is 5.32. The second kappa shape index (κ2) is 8.51. The Labute approximate surface area is 198 Å². The summed E-state index contributed by atoms with van der Waals surface area (Å²) in [4.78, 5) is 46.3. The van der Waals surface area contributed by atoms with Gasteiger partial charge in [0, 0.05) is 49.8 Å². The highest BCUT2D eigenvalue weighted by atomic mass is 16.2. The molecule has 8 heteroatoms. The van der Waals surface area contributed by atoms with E-state index in [2.05, 4.69) is 33.7 Å². The molecule has 4 aliphatic heterocycles. The van der Waals surface area contributed by atoms with E-state index in [1.807, 2.05) is 12.1 Å². The monoisotopic (exact) mass is 459 g/mol. The number of benzene rings is 1. The summed E-state index contributed by atoms with van der Waals surface area (Å²) in [6.07, 6.45) is 3.88. The minimum atomic E-state index is -0.592. The van der Waals surface area contributed by atoms with Gasteiger partial charge in [-0.3, -0.25) is 19.7 Å². The third-order valence-electron chi connectivity index (χ3n) is 7.67. The van der Waals surface area contributed by atoms with Gasteiger partial charge in [-0.25, -0.2) is 4.98 Å². The molecule has 2 saturated heterocycles. The summed E-state index contributed by atoms with van der Waals surface area (Å²) in [5.74, 6) is 0.769. The zero-order valence-corrected chi connectivity index (χ0v) is 19.2. The van der Waals surface area contributed by atoms with Crippen LogP contribution in [-0.2, 0) is 29.1 Å². The number of nitrogens with one attached hydrogen (secondary N) is 2. The minimum Gasteiger partial charge on any atom is -0.352 e. The van der Waals surface area contributed by atoms with Crippen LogP contribution in [0.1, 0.15) is 64.3 Å². The van der Waals surface area contributed by atoms with Crippen LogP contribution in [0.5, 0.6) is 0 Å². The Morgan fingerprint density at radius 2 is 1.97 bits per heavy atom. The first-order valence-corrected chi connectivity index (χ1v) is 12.3. The first kappa shape index (κ1) is 21.3. The summed E-state index contributed by atoms with van der Waals surface area (Å²) >= 11 is 0. The molecule has 1 aromatic heterocycles. The molecular formula is C26H29N5O3. The van der Waals surface area contributed by atoms with E-state index >= 15 is 0 Å². The third kappa shape index (κ3) is 3.66. The molecule has 5 heterocycles. The molecule has 0 bridgehead atoms. The molecule has 3 amide bonds. The van der Waals surface area contributed by atoms with Crippen molar-refractivity contribution in [1.82, 2.24) is 20.5 Å². The normalized spacial score (nSPS) is 24.3. The van der Waals surface area contributed by atoms with Crippen LogP contribution in [0.25, 0.3) is 0 Å². The number of aromatic nitrogens is 1. The number of hydrogen-bond acceptors (Lipinski definition) is 6. The molecule has 2 N–H and O–H groups in total.